The molecule has 0 heterocycles. The van der Waals surface area contributed by atoms with Gasteiger partial charge in [0.2, 0.25) is 19.4 Å². The molecule has 164 valence electrons. The Bertz CT molecular complexity index is 590. The van der Waals surface area contributed by atoms with E-state index in [2.05, 4.69) is 10.6 Å². The number of hydrogen-bond donors (Lipinski definition) is 2. The van der Waals surface area contributed by atoms with Crippen LogP contribution in [0.2, 0.25) is 0 Å². The molecule has 0 fully saturated rings. The van der Waals surface area contributed by atoms with Gasteiger partial charge in [0, 0.05) is 11.8 Å². The molecule has 2 N–H and O–H groups in total. The number of carbonyl (C=O) groups is 2. The summed E-state index contributed by atoms with van der Waals surface area (Å²) >= 11 is 35.9. The van der Waals surface area contributed by atoms with Gasteiger partial charge in [-0.2, -0.15) is 0 Å². The fourth-order valence-corrected chi connectivity index (χ4v) is 3.72. The predicted molar refractivity (Wildman–Crippen MR) is 118 cm³/mol. The maximum absolute atomic E-state index is 12.6. The predicted octanol–water partition coefficient (Wildman–Crippen LogP) is 5.34. The molecule has 2 rings (SSSR count). The summed E-state index contributed by atoms with van der Waals surface area (Å²) in [6, 6.07) is 0. The first-order valence-electron chi connectivity index (χ1n) is 9.18. The van der Waals surface area contributed by atoms with Crippen LogP contribution in [0.25, 0.3) is 0 Å². The molecule has 0 saturated carbocycles. The van der Waals surface area contributed by atoms with Gasteiger partial charge in [-0.15, -0.1) is 0 Å². The molecule has 29 heavy (non-hydrogen) atoms. The van der Waals surface area contributed by atoms with Crippen LogP contribution in [-0.2, 0) is 14.3 Å². The Labute approximate surface area is 200 Å². The fraction of sp³-hybridized carbons (Fsp3) is 0.667. The number of amides is 2. The van der Waals surface area contributed by atoms with Gasteiger partial charge in [0.05, 0.1) is 0 Å². The van der Waals surface area contributed by atoms with Crippen molar-refractivity contribution in [3.05, 3.63) is 24.3 Å². The summed E-state index contributed by atoms with van der Waals surface area (Å²) in [5.41, 5.74) is 0. The van der Waals surface area contributed by atoms with Crippen LogP contribution < -0.4 is 10.6 Å². The molecule has 2 aliphatic rings. The third kappa shape index (κ3) is 8.29. The van der Waals surface area contributed by atoms with Crippen LogP contribution in [0.1, 0.15) is 38.5 Å². The van der Waals surface area contributed by atoms with E-state index in [4.69, 9.17) is 74.3 Å². The van der Waals surface area contributed by atoms with Crippen LogP contribution >= 0.6 is 69.6 Å². The van der Waals surface area contributed by atoms with E-state index in [9.17, 15) is 9.59 Å². The number of rotatable bonds is 6. The molecule has 0 aromatic heterocycles. The summed E-state index contributed by atoms with van der Waals surface area (Å²) in [5.74, 6) is -1.27. The number of carbonyl (C=O) groups excluding carboxylic acids is 2. The van der Waals surface area contributed by atoms with Gasteiger partial charge in [-0.05, 0) is 38.5 Å². The van der Waals surface area contributed by atoms with E-state index in [-0.39, 0.29) is 23.7 Å². The molecule has 2 aliphatic carbocycles. The van der Waals surface area contributed by atoms with Crippen molar-refractivity contribution in [2.75, 3.05) is 0 Å². The summed E-state index contributed by atoms with van der Waals surface area (Å²) in [6.07, 6.45) is 8.96. The van der Waals surface area contributed by atoms with Crippen molar-refractivity contribution in [2.24, 2.45) is 11.8 Å². The molecule has 0 bridgehead atoms. The minimum atomic E-state index is -2.06. The summed E-state index contributed by atoms with van der Waals surface area (Å²) in [6.45, 7) is 0. The smallest absolute Gasteiger partial charge is 0.234 e. The zero-order valence-corrected chi connectivity index (χ0v) is 19.9. The topological polar surface area (TPSA) is 67.4 Å². The maximum Gasteiger partial charge on any atom is 0.234 e. The van der Waals surface area contributed by atoms with Crippen LogP contribution in [0.4, 0.5) is 0 Å². The Balaban J connectivity index is 2.09. The average Bonchev–Trinajstić information content (AvgIpc) is 2.66. The zero-order chi connectivity index (χ0) is 21.7. The molecule has 5 nitrogen and oxygen atoms in total. The van der Waals surface area contributed by atoms with E-state index in [1.165, 1.54) is 0 Å². The van der Waals surface area contributed by atoms with Crippen LogP contribution in [0.5, 0.6) is 0 Å². The maximum atomic E-state index is 12.6. The van der Waals surface area contributed by atoms with Crippen molar-refractivity contribution in [1.82, 2.24) is 10.6 Å². The number of alkyl halides is 6. The van der Waals surface area contributed by atoms with Gasteiger partial charge in [-0.1, -0.05) is 93.9 Å². The number of nitrogens with one attached hydrogen (secondary N) is 2. The largest absolute Gasteiger partial charge is 0.327 e. The number of hydrogen-bond acceptors (Lipinski definition) is 3. The second-order valence-corrected chi connectivity index (χ2v) is 11.7. The Kier molecular flexibility index (Phi) is 9.74. The van der Waals surface area contributed by atoms with Crippen LogP contribution in [-0.4, -0.2) is 31.9 Å². The summed E-state index contributed by atoms with van der Waals surface area (Å²) in [5, 5.41) is 5.11. The first-order valence-corrected chi connectivity index (χ1v) is 11.4. The minimum absolute atomic E-state index is 0.284. The third-order valence-corrected chi connectivity index (χ3v) is 5.88. The zero-order valence-electron chi connectivity index (χ0n) is 15.4. The van der Waals surface area contributed by atoms with Gasteiger partial charge < -0.3 is 15.4 Å². The lowest BCUT2D eigenvalue weighted by atomic mass is 9.93. The first-order chi connectivity index (χ1) is 13.5. The molecule has 0 unspecified atom stereocenters. The van der Waals surface area contributed by atoms with Gasteiger partial charge in [0.25, 0.3) is 0 Å². The highest BCUT2D eigenvalue weighted by molar-refractivity contribution is 6.68. The van der Waals surface area contributed by atoms with Gasteiger partial charge in [-0.25, -0.2) is 0 Å². The van der Waals surface area contributed by atoms with E-state index in [1.807, 2.05) is 24.3 Å². The monoisotopic (exact) mass is 524 g/mol. The van der Waals surface area contributed by atoms with Gasteiger partial charge in [0.15, 0.2) is 12.5 Å². The van der Waals surface area contributed by atoms with E-state index < -0.39 is 20.0 Å². The third-order valence-electron chi connectivity index (χ3n) is 4.69. The minimum Gasteiger partial charge on any atom is -0.327 e. The molecule has 0 aromatic rings. The lowest BCUT2D eigenvalue weighted by Crippen LogP contribution is -2.56. The van der Waals surface area contributed by atoms with Crippen molar-refractivity contribution < 1.29 is 14.3 Å². The van der Waals surface area contributed by atoms with E-state index >= 15 is 0 Å². The Hall–Kier alpha value is 0.120. The SMILES string of the molecule is O=C(N[C@H](O[C@H](NC(=O)[C@H]1CC=CCC1)C(Cl)(Cl)Cl)C(Cl)(Cl)Cl)[C@@H]1CC=CCC1. The summed E-state index contributed by atoms with van der Waals surface area (Å²) in [7, 11) is 0. The number of allylic oxidation sites excluding steroid dienone is 4. The van der Waals surface area contributed by atoms with Gasteiger partial charge in [0.1, 0.15) is 0 Å². The van der Waals surface area contributed by atoms with Crippen LogP contribution in [0.15, 0.2) is 24.3 Å². The second-order valence-electron chi connectivity index (χ2n) is 6.96. The number of ether oxygens (including phenoxy) is 1. The van der Waals surface area contributed by atoms with Gasteiger partial charge >= 0.3 is 0 Å². The van der Waals surface area contributed by atoms with Crippen LogP contribution in [0.3, 0.4) is 0 Å². The second kappa shape index (κ2) is 11.1. The molecular weight excluding hydrogens is 505 g/mol. The molecule has 0 aromatic carbocycles. The van der Waals surface area contributed by atoms with Crippen LogP contribution in [0, 0.1) is 11.8 Å². The lowest BCUT2D eigenvalue weighted by molar-refractivity contribution is -0.137. The highest BCUT2D eigenvalue weighted by atomic mass is 35.6. The molecule has 0 radical (unpaired) electrons. The van der Waals surface area contributed by atoms with E-state index in [1.54, 1.807) is 0 Å². The average molecular weight is 527 g/mol. The van der Waals surface area contributed by atoms with Crippen molar-refractivity contribution in [2.45, 2.75) is 58.6 Å². The van der Waals surface area contributed by atoms with Crippen molar-refractivity contribution in [1.29, 1.82) is 0 Å². The van der Waals surface area contributed by atoms with Crippen molar-refractivity contribution in [3.8, 4) is 0 Å². The standard InChI is InChI=1S/C18H22Cl6N2O3/c19-17(20,21)15(25-13(27)11-7-3-1-4-8-11)29-16(18(22,23)24)26-14(28)12-9-5-2-6-10-12/h1-3,5,11-12,15-16H,4,6-10H2,(H,25,27)(H,26,28)/t11-,12+,15-,16+. The van der Waals surface area contributed by atoms with Crippen molar-refractivity contribution in [3.63, 3.8) is 0 Å². The fourth-order valence-electron chi connectivity index (χ4n) is 3.08. The molecule has 0 aliphatic heterocycles. The Morgan fingerprint density at radius 1 is 0.759 bits per heavy atom. The lowest BCUT2D eigenvalue weighted by Gasteiger charge is -2.34. The highest BCUT2D eigenvalue weighted by Gasteiger charge is 2.44. The summed E-state index contributed by atoms with van der Waals surface area (Å²) in [4.78, 5) is 25.1. The van der Waals surface area contributed by atoms with Crippen molar-refractivity contribution >= 4 is 81.4 Å². The van der Waals surface area contributed by atoms with Gasteiger partial charge in [-0.3, -0.25) is 9.59 Å². The highest BCUT2D eigenvalue weighted by Crippen LogP contribution is 2.37. The Morgan fingerprint density at radius 3 is 1.41 bits per heavy atom. The molecule has 4 atom stereocenters. The first kappa shape index (κ1) is 25.4. The van der Waals surface area contributed by atoms with E-state index in [0.717, 1.165) is 12.8 Å². The quantitative estimate of drug-likeness (QED) is 0.279. The molecule has 11 heteroatoms. The summed E-state index contributed by atoms with van der Waals surface area (Å²) < 4.78 is 1.49. The molecular formula is C18H22Cl6N2O3. The molecule has 2 amide bonds. The van der Waals surface area contributed by atoms with E-state index in [0.29, 0.717) is 25.7 Å². The molecule has 0 spiro atoms. The molecule has 0 saturated heterocycles. The normalized spacial score (nSPS) is 24.6. The number of halogens is 6. The Morgan fingerprint density at radius 2 is 1.14 bits per heavy atom.